The van der Waals surface area contributed by atoms with Gasteiger partial charge in [-0.1, -0.05) is 54.1 Å². The van der Waals surface area contributed by atoms with Crippen LogP contribution in [0.4, 0.5) is 5.82 Å². The number of aryl methyl sites for hydroxylation is 1. The zero-order valence-corrected chi connectivity index (χ0v) is 17.4. The number of aromatic nitrogens is 2. The Morgan fingerprint density at radius 1 is 1.00 bits per heavy atom. The fourth-order valence-corrected chi connectivity index (χ4v) is 3.80. The number of hydrogen-bond acceptors (Lipinski definition) is 4. The molecule has 4 aromatic rings. The lowest BCUT2D eigenvalue weighted by molar-refractivity contribution is 0.0952. The molecule has 1 unspecified atom stereocenters. The number of benzene rings is 2. The van der Waals surface area contributed by atoms with E-state index in [4.69, 9.17) is 4.98 Å². The molecule has 0 saturated heterocycles. The maximum Gasteiger partial charge on any atom is 0.252 e. The summed E-state index contributed by atoms with van der Waals surface area (Å²) in [4.78, 5) is 22.3. The Hall–Kier alpha value is -3.73. The van der Waals surface area contributed by atoms with Gasteiger partial charge in [0.05, 0.1) is 22.8 Å². The van der Waals surface area contributed by atoms with Crippen LogP contribution in [0.3, 0.4) is 0 Å². The molecular weight excluding hydrogens is 384 g/mol. The highest BCUT2D eigenvalue weighted by Gasteiger charge is 2.25. The van der Waals surface area contributed by atoms with Gasteiger partial charge in [0, 0.05) is 17.6 Å². The molecule has 5 heteroatoms. The van der Waals surface area contributed by atoms with Crippen molar-refractivity contribution in [1.29, 1.82) is 0 Å². The number of hydrogen-bond donors (Lipinski definition) is 2. The standard InChI is InChI=1S/C26H24N4O/c1-17-7-6-8-18(15-17)25(23-11-4-5-14-27-23)30-24-16-21(26(31)28-19-12-13-19)20-9-2-3-10-22(20)29-24/h2-11,14-16,19,25H,12-13H2,1H3,(H,28,31)(H,29,30). The Labute approximate surface area is 181 Å². The van der Waals surface area contributed by atoms with E-state index in [1.54, 1.807) is 6.20 Å². The molecule has 1 aliphatic carbocycles. The number of carbonyl (C=O) groups excluding carboxylic acids is 1. The zero-order valence-electron chi connectivity index (χ0n) is 17.4. The maximum absolute atomic E-state index is 13.0. The monoisotopic (exact) mass is 408 g/mol. The predicted octanol–water partition coefficient (Wildman–Crippen LogP) is 5.03. The van der Waals surface area contributed by atoms with E-state index in [-0.39, 0.29) is 11.9 Å². The van der Waals surface area contributed by atoms with Crippen molar-refractivity contribution in [2.24, 2.45) is 0 Å². The molecule has 31 heavy (non-hydrogen) atoms. The zero-order chi connectivity index (χ0) is 21.2. The van der Waals surface area contributed by atoms with Crippen molar-refractivity contribution in [1.82, 2.24) is 15.3 Å². The number of fused-ring (bicyclic) bond motifs is 1. The van der Waals surface area contributed by atoms with Crippen molar-refractivity contribution in [2.75, 3.05) is 5.32 Å². The minimum atomic E-state index is -0.186. The minimum Gasteiger partial charge on any atom is -0.358 e. The SMILES string of the molecule is Cc1cccc(C(Nc2cc(C(=O)NC3CC3)c3ccccc3n2)c2ccccn2)c1. The van der Waals surface area contributed by atoms with Crippen molar-refractivity contribution in [2.45, 2.75) is 31.8 Å². The molecule has 0 bridgehead atoms. The summed E-state index contributed by atoms with van der Waals surface area (Å²) in [7, 11) is 0. The van der Waals surface area contributed by atoms with Crippen LogP contribution < -0.4 is 10.6 Å². The van der Waals surface area contributed by atoms with Crippen LogP contribution in [-0.4, -0.2) is 21.9 Å². The largest absolute Gasteiger partial charge is 0.358 e. The summed E-state index contributed by atoms with van der Waals surface area (Å²) < 4.78 is 0. The second-order valence-electron chi connectivity index (χ2n) is 8.07. The van der Waals surface area contributed by atoms with E-state index in [0.29, 0.717) is 17.4 Å². The average molecular weight is 409 g/mol. The maximum atomic E-state index is 13.0. The van der Waals surface area contributed by atoms with E-state index >= 15 is 0 Å². The topological polar surface area (TPSA) is 66.9 Å². The Kier molecular flexibility index (Phi) is 5.08. The number of carbonyl (C=O) groups is 1. The number of anilines is 1. The summed E-state index contributed by atoms with van der Waals surface area (Å²) >= 11 is 0. The third kappa shape index (κ3) is 4.26. The lowest BCUT2D eigenvalue weighted by Crippen LogP contribution is -2.26. The number of pyridine rings is 2. The molecule has 0 spiro atoms. The molecule has 1 saturated carbocycles. The van der Waals surface area contributed by atoms with Gasteiger partial charge in [0.2, 0.25) is 0 Å². The van der Waals surface area contributed by atoms with E-state index in [1.165, 1.54) is 5.56 Å². The minimum absolute atomic E-state index is 0.0471. The smallest absolute Gasteiger partial charge is 0.252 e. The Bertz CT molecular complexity index is 1230. The van der Waals surface area contributed by atoms with Gasteiger partial charge in [-0.25, -0.2) is 4.98 Å². The predicted molar refractivity (Wildman–Crippen MR) is 123 cm³/mol. The normalized spacial score (nSPS) is 14.2. The van der Waals surface area contributed by atoms with Crippen LogP contribution in [0.1, 0.15) is 46.1 Å². The van der Waals surface area contributed by atoms with Crippen LogP contribution in [-0.2, 0) is 0 Å². The molecule has 1 fully saturated rings. The molecule has 5 rings (SSSR count). The van der Waals surface area contributed by atoms with Gasteiger partial charge in [0.15, 0.2) is 0 Å². The van der Waals surface area contributed by atoms with Gasteiger partial charge in [0.1, 0.15) is 5.82 Å². The van der Waals surface area contributed by atoms with Crippen LogP contribution in [0.15, 0.2) is 79.0 Å². The first kappa shape index (κ1) is 19.2. The Morgan fingerprint density at radius 3 is 2.61 bits per heavy atom. The summed E-state index contributed by atoms with van der Waals surface area (Å²) in [5.74, 6) is 0.603. The first-order valence-corrected chi connectivity index (χ1v) is 10.6. The van der Waals surface area contributed by atoms with E-state index < -0.39 is 0 Å². The second-order valence-corrected chi connectivity index (χ2v) is 8.07. The van der Waals surface area contributed by atoms with Crippen molar-refractivity contribution < 1.29 is 4.79 Å². The summed E-state index contributed by atoms with van der Waals surface area (Å²) in [6.45, 7) is 2.08. The van der Waals surface area contributed by atoms with Crippen LogP contribution in [0.5, 0.6) is 0 Å². The fourth-order valence-electron chi connectivity index (χ4n) is 3.80. The lowest BCUT2D eigenvalue weighted by Gasteiger charge is -2.21. The molecule has 2 aromatic heterocycles. The highest BCUT2D eigenvalue weighted by molar-refractivity contribution is 6.07. The van der Waals surface area contributed by atoms with Crippen molar-refractivity contribution in [3.63, 3.8) is 0 Å². The average Bonchev–Trinajstić information content (AvgIpc) is 3.61. The van der Waals surface area contributed by atoms with Crippen LogP contribution in [0, 0.1) is 6.92 Å². The highest BCUT2D eigenvalue weighted by Crippen LogP contribution is 2.29. The fraction of sp³-hybridized carbons (Fsp3) is 0.192. The first-order chi connectivity index (χ1) is 15.2. The van der Waals surface area contributed by atoms with E-state index in [0.717, 1.165) is 35.0 Å². The van der Waals surface area contributed by atoms with Gasteiger partial charge < -0.3 is 10.6 Å². The molecule has 1 amide bonds. The molecule has 2 N–H and O–H groups in total. The van der Waals surface area contributed by atoms with Crippen LogP contribution in [0.2, 0.25) is 0 Å². The number of rotatable bonds is 6. The summed E-state index contributed by atoms with van der Waals surface area (Å²) in [6, 6.07) is 24.0. The molecule has 1 atom stereocenters. The lowest BCUT2D eigenvalue weighted by atomic mass is 10.0. The summed E-state index contributed by atoms with van der Waals surface area (Å²) in [5.41, 5.74) is 4.60. The van der Waals surface area contributed by atoms with Gasteiger partial charge in [-0.15, -0.1) is 0 Å². The number of amides is 1. The van der Waals surface area contributed by atoms with Crippen LogP contribution in [0.25, 0.3) is 10.9 Å². The van der Waals surface area contributed by atoms with E-state index in [2.05, 4.69) is 40.7 Å². The van der Waals surface area contributed by atoms with E-state index in [9.17, 15) is 4.79 Å². The Morgan fingerprint density at radius 2 is 1.84 bits per heavy atom. The number of nitrogens with one attached hydrogen (secondary N) is 2. The third-order valence-electron chi connectivity index (χ3n) is 5.52. The molecule has 1 aliphatic rings. The van der Waals surface area contributed by atoms with Crippen LogP contribution >= 0.6 is 0 Å². The molecule has 2 heterocycles. The quantitative estimate of drug-likeness (QED) is 0.469. The number of para-hydroxylation sites is 1. The first-order valence-electron chi connectivity index (χ1n) is 10.6. The molecule has 154 valence electrons. The van der Waals surface area contributed by atoms with E-state index in [1.807, 2.05) is 54.6 Å². The van der Waals surface area contributed by atoms with Gasteiger partial charge in [-0.2, -0.15) is 0 Å². The molecule has 5 nitrogen and oxygen atoms in total. The van der Waals surface area contributed by atoms with Gasteiger partial charge in [-0.3, -0.25) is 9.78 Å². The second kappa shape index (κ2) is 8.19. The number of nitrogens with zero attached hydrogens (tertiary/aromatic N) is 2. The van der Waals surface area contributed by atoms with Crippen molar-refractivity contribution in [3.8, 4) is 0 Å². The van der Waals surface area contributed by atoms with Gasteiger partial charge in [0.25, 0.3) is 5.91 Å². The molecule has 0 radical (unpaired) electrons. The molecule has 2 aromatic carbocycles. The van der Waals surface area contributed by atoms with Gasteiger partial charge in [-0.05, 0) is 49.6 Å². The van der Waals surface area contributed by atoms with Crippen molar-refractivity contribution in [3.05, 3.63) is 101 Å². The summed E-state index contributed by atoms with van der Waals surface area (Å²) in [6.07, 6.45) is 3.89. The molecule has 0 aliphatic heterocycles. The van der Waals surface area contributed by atoms with Gasteiger partial charge >= 0.3 is 0 Å². The highest BCUT2D eigenvalue weighted by atomic mass is 16.1. The summed E-state index contributed by atoms with van der Waals surface area (Å²) in [5, 5.41) is 7.51. The Balaban J connectivity index is 1.57. The molecular formula is C26H24N4O. The van der Waals surface area contributed by atoms with Crippen molar-refractivity contribution >= 4 is 22.6 Å². The third-order valence-corrected chi connectivity index (χ3v) is 5.52.